The number of fused-ring (bicyclic) bond motifs is 1. The minimum atomic E-state index is 0.137. The van der Waals surface area contributed by atoms with Crippen molar-refractivity contribution >= 4 is 5.91 Å². The van der Waals surface area contributed by atoms with E-state index in [9.17, 15) is 4.79 Å². The molecule has 2 fully saturated rings. The second-order valence-electron chi connectivity index (χ2n) is 5.04. The number of piperidine rings is 1. The van der Waals surface area contributed by atoms with Gasteiger partial charge in [-0.05, 0) is 43.6 Å². The molecular formula is C13H21NO. The molecule has 1 aliphatic heterocycles. The minimum Gasteiger partial charge on any atom is -0.336 e. The first-order chi connectivity index (χ1) is 7.24. The summed E-state index contributed by atoms with van der Waals surface area (Å²) in [4.78, 5) is 13.8. The molecule has 3 atom stereocenters. The Kier molecular flexibility index (Phi) is 3.13. The van der Waals surface area contributed by atoms with Crippen molar-refractivity contribution in [3.8, 4) is 0 Å². The number of nitrogens with zero attached hydrogens (tertiary/aromatic N) is 1. The molecule has 0 aromatic carbocycles. The average Bonchev–Trinajstić information content (AvgIpc) is 2.28. The summed E-state index contributed by atoms with van der Waals surface area (Å²) in [6, 6.07) is 0.498. The third-order valence-corrected chi connectivity index (χ3v) is 4.09. The zero-order valence-electron chi connectivity index (χ0n) is 9.61. The van der Waals surface area contributed by atoms with Crippen LogP contribution in [-0.4, -0.2) is 23.4 Å². The summed E-state index contributed by atoms with van der Waals surface area (Å²) in [5.41, 5.74) is 0. The van der Waals surface area contributed by atoms with Gasteiger partial charge in [0.1, 0.15) is 0 Å². The van der Waals surface area contributed by atoms with Gasteiger partial charge in [-0.1, -0.05) is 19.9 Å². The zero-order chi connectivity index (χ0) is 10.8. The Bertz CT molecular complexity index is 259. The van der Waals surface area contributed by atoms with E-state index in [0.29, 0.717) is 12.0 Å². The van der Waals surface area contributed by atoms with E-state index in [0.717, 1.165) is 12.5 Å². The van der Waals surface area contributed by atoms with Crippen molar-refractivity contribution in [2.24, 2.45) is 11.8 Å². The maximum Gasteiger partial charge on any atom is 0.246 e. The van der Waals surface area contributed by atoms with Crippen LogP contribution in [0.1, 0.15) is 39.0 Å². The molecule has 0 bridgehead atoms. The molecule has 1 saturated heterocycles. The van der Waals surface area contributed by atoms with Gasteiger partial charge in [0, 0.05) is 12.6 Å². The van der Waals surface area contributed by atoms with Gasteiger partial charge in [-0.2, -0.15) is 0 Å². The van der Waals surface area contributed by atoms with Crippen LogP contribution in [0, 0.1) is 11.8 Å². The Morgan fingerprint density at radius 2 is 2.07 bits per heavy atom. The standard InChI is InChI=1S/C13H21NO/c1-3-12(15)14-9-5-8-11-7-4-6-10(2)13(11)14/h3,10-11,13H,1,4-9H2,2H3. The molecule has 3 unspecified atom stereocenters. The van der Waals surface area contributed by atoms with Crippen molar-refractivity contribution in [3.05, 3.63) is 12.7 Å². The van der Waals surface area contributed by atoms with Crippen LogP contribution in [0.15, 0.2) is 12.7 Å². The Morgan fingerprint density at radius 3 is 2.80 bits per heavy atom. The largest absolute Gasteiger partial charge is 0.336 e. The van der Waals surface area contributed by atoms with Crippen LogP contribution in [0.25, 0.3) is 0 Å². The maximum atomic E-state index is 11.8. The number of carbonyl (C=O) groups excluding carboxylic acids is 1. The number of amides is 1. The number of carbonyl (C=O) groups is 1. The van der Waals surface area contributed by atoms with Gasteiger partial charge >= 0.3 is 0 Å². The summed E-state index contributed by atoms with van der Waals surface area (Å²) in [6.45, 7) is 6.85. The molecule has 2 nitrogen and oxygen atoms in total. The highest BCUT2D eigenvalue weighted by atomic mass is 16.2. The van der Waals surface area contributed by atoms with Crippen molar-refractivity contribution in [3.63, 3.8) is 0 Å². The molecule has 1 amide bonds. The second-order valence-corrected chi connectivity index (χ2v) is 5.04. The lowest BCUT2D eigenvalue weighted by Crippen LogP contribution is -2.52. The third kappa shape index (κ3) is 1.95. The van der Waals surface area contributed by atoms with Crippen molar-refractivity contribution in [2.45, 2.75) is 45.1 Å². The van der Waals surface area contributed by atoms with Crippen LogP contribution in [0.3, 0.4) is 0 Å². The third-order valence-electron chi connectivity index (χ3n) is 4.09. The predicted molar refractivity (Wildman–Crippen MR) is 61.4 cm³/mol. The molecule has 0 spiro atoms. The van der Waals surface area contributed by atoms with Gasteiger partial charge in [0.05, 0.1) is 0 Å². The number of likely N-dealkylation sites (tertiary alicyclic amines) is 1. The first kappa shape index (κ1) is 10.7. The monoisotopic (exact) mass is 207 g/mol. The molecule has 0 aromatic heterocycles. The van der Waals surface area contributed by atoms with Gasteiger partial charge in [0.2, 0.25) is 5.91 Å². The van der Waals surface area contributed by atoms with E-state index in [2.05, 4.69) is 18.4 Å². The fourth-order valence-corrected chi connectivity index (χ4v) is 3.43. The summed E-state index contributed by atoms with van der Waals surface area (Å²) in [7, 11) is 0. The van der Waals surface area contributed by atoms with Crippen molar-refractivity contribution in [1.82, 2.24) is 4.90 Å². The van der Waals surface area contributed by atoms with E-state index in [1.807, 2.05) is 0 Å². The molecule has 0 radical (unpaired) electrons. The fraction of sp³-hybridized carbons (Fsp3) is 0.769. The summed E-state index contributed by atoms with van der Waals surface area (Å²) >= 11 is 0. The fourth-order valence-electron chi connectivity index (χ4n) is 3.43. The van der Waals surface area contributed by atoms with E-state index < -0.39 is 0 Å². The van der Waals surface area contributed by atoms with E-state index in [4.69, 9.17) is 0 Å². The first-order valence-electron chi connectivity index (χ1n) is 6.17. The predicted octanol–water partition coefficient (Wildman–Crippen LogP) is 2.60. The van der Waals surface area contributed by atoms with Crippen LogP contribution in [-0.2, 0) is 4.79 Å². The number of hydrogen-bond donors (Lipinski definition) is 0. The van der Waals surface area contributed by atoms with E-state index in [1.54, 1.807) is 0 Å². The van der Waals surface area contributed by atoms with Crippen molar-refractivity contribution in [1.29, 1.82) is 0 Å². The van der Waals surface area contributed by atoms with E-state index in [1.165, 1.54) is 38.2 Å². The molecule has 84 valence electrons. The van der Waals surface area contributed by atoms with Gasteiger partial charge in [-0.3, -0.25) is 4.79 Å². The van der Waals surface area contributed by atoms with Crippen LogP contribution < -0.4 is 0 Å². The van der Waals surface area contributed by atoms with Crippen molar-refractivity contribution < 1.29 is 4.79 Å². The Morgan fingerprint density at radius 1 is 1.33 bits per heavy atom. The summed E-state index contributed by atoms with van der Waals surface area (Å²) in [6.07, 6.45) is 7.91. The molecule has 1 heterocycles. The average molecular weight is 207 g/mol. The van der Waals surface area contributed by atoms with Crippen molar-refractivity contribution in [2.75, 3.05) is 6.54 Å². The summed E-state index contributed by atoms with van der Waals surface area (Å²) in [5, 5.41) is 0. The van der Waals surface area contributed by atoms with Crippen LogP contribution in [0.2, 0.25) is 0 Å². The lowest BCUT2D eigenvalue weighted by atomic mass is 9.73. The molecule has 2 heteroatoms. The number of hydrogen-bond acceptors (Lipinski definition) is 1. The van der Waals surface area contributed by atoms with Gasteiger partial charge in [0.15, 0.2) is 0 Å². The van der Waals surface area contributed by atoms with Gasteiger partial charge in [-0.15, -0.1) is 0 Å². The van der Waals surface area contributed by atoms with Gasteiger partial charge in [-0.25, -0.2) is 0 Å². The SMILES string of the molecule is C=CC(=O)N1CCCC2CCCC(C)C21. The quantitative estimate of drug-likeness (QED) is 0.605. The lowest BCUT2D eigenvalue weighted by Gasteiger charge is -2.47. The Hall–Kier alpha value is -0.790. The molecule has 2 rings (SSSR count). The second kappa shape index (κ2) is 4.38. The Balaban J connectivity index is 2.16. The maximum absolute atomic E-state index is 11.8. The van der Waals surface area contributed by atoms with Gasteiger partial charge in [0.25, 0.3) is 0 Å². The topological polar surface area (TPSA) is 20.3 Å². The molecule has 0 N–H and O–H groups in total. The zero-order valence-corrected chi connectivity index (χ0v) is 9.61. The summed E-state index contributed by atoms with van der Waals surface area (Å²) < 4.78 is 0. The number of rotatable bonds is 1. The molecule has 1 aliphatic carbocycles. The smallest absolute Gasteiger partial charge is 0.246 e. The Labute approximate surface area is 92.3 Å². The van der Waals surface area contributed by atoms with Crippen LogP contribution in [0.4, 0.5) is 0 Å². The lowest BCUT2D eigenvalue weighted by molar-refractivity contribution is -0.134. The summed E-state index contributed by atoms with van der Waals surface area (Å²) in [5.74, 6) is 1.57. The molecule has 0 aromatic rings. The highest BCUT2D eigenvalue weighted by molar-refractivity contribution is 5.87. The molecular weight excluding hydrogens is 186 g/mol. The molecule has 15 heavy (non-hydrogen) atoms. The van der Waals surface area contributed by atoms with E-state index >= 15 is 0 Å². The minimum absolute atomic E-state index is 0.137. The van der Waals surface area contributed by atoms with Crippen LogP contribution in [0.5, 0.6) is 0 Å². The van der Waals surface area contributed by atoms with E-state index in [-0.39, 0.29) is 5.91 Å². The van der Waals surface area contributed by atoms with Gasteiger partial charge < -0.3 is 4.90 Å². The molecule has 2 aliphatic rings. The molecule has 1 saturated carbocycles. The van der Waals surface area contributed by atoms with Crippen LogP contribution >= 0.6 is 0 Å². The first-order valence-corrected chi connectivity index (χ1v) is 6.17. The highest BCUT2D eigenvalue weighted by Crippen LogP contribution is 2.38. The normalized spacial score (nSPS) is 35.8. The highest BCUT2D eigenvalue weighted by Gasteiger charge is 2.38.